The van der Waals surface area contributed by atoms with E-state index < -0.39 is 41.5 Å². The average Bonchev–Trinajstić information content (AvgIpc) is 2.64. The van der Waals surface area contributed by atoms with Gasteiger partial charge in [0.05, 0.1) is 12.3 Å². The fourth-order valence-corrected chi connectivity index (χ4v) is 4.06. The number of benzene rings is 1. The van der Waals surface area contributed by atoms with Crippen molar-refractivity contribution in [3.8, 4) is 5.75 Å². The third kappa shape index (κ3) is 10.8. The highest BCUT2D eigenvalue weighted by Gasteiger charge is 2.33. The Morgan fingerprint density at radius 2 is 1.67 bits per heavy atom. The fourth-order valence-electron chi connectivity index (χ4n) is 3.85. The first-order chi connectivity index (χ1) is 15.2. The second kappa shape index (κ2) is 13.2. The van der Waals surface area contributed by atoms with Gasteiger partial charge in [0.2, 0.25) is 0 Å². The SMILES string of the molecule is CCC(CC)[C@H](Oc1cc(F)cc(Cl)c1)[C@H](C)OC(=O)[C@@H](CC(=O)OC(C)(C)C)CC(C)C. The summed E-state index contributed by atoms with van der Waals surface area (Å²) < 4.78 is 31.2. The van der Waals surface area contributed by atoms with Gasteiger partial charge >= 0.3 is 11.9 Å². The number of hydrogen-bond donors (Lipinski definition) is 0. The minimum absolute atomic E-state index is 0.0446. The molecule has 0 aliphatic rings. The van der Waals surface area contributed by atoms with E-state index in [1.165, 1.54) is 12.1 Å². The van der Waals surface area contributed by atoms with E-state index in [9.17, 15) is 14.0 Å². The number of hydrogen-bond acceptors (Lipinski definition) is 5. The van der Waals surface area contributed by atoms with E-state index in [-0.39, 0.29) is 29.0 Å². The number of esters is 2. The lowest BCUT2D eigenvalue weighted by molar-refractivity contribution is -0.167. The average molecular weight is 487 g/mol. The van der Waals surface area contributed by atoms with E-state index in [0.717, 1.165) is 12.8 Å². The van der Waals surface area contributed by atoms with Crippen molar-refractivity contribution in [1.82, 2.24) is 0 Å². The largest absolute Gasteiger partial charge is 0.486 e. The van der Waals surface area contributed by atoms with Gasteiger partial charge in [0.25, 0.3) is 0 Å². The molecule has 0 aromatic heterocycles. The van der Waals surface area contributed by atoms with E-state index in [1.54, 1.807) is 33.8 Å². The molecule has 0 amide bonds. The molecule has 0 N–H and O–H groups in total. The second-order valence-electron chi connectivity index (χ2n) is 10.0. The molecule has 0 unspecified atom stereocenters. The van der Waals surface area contributed by atoms with E-state index in [0.29, 0.717) is 6.42 Å². The molecule has 188 valence electrons. The zero-order chi connectivity index (χ0) is 25.3. The Hall–Kier alpha value is -1.82. The summed E-state index contributed by atoms with van der Waals surface area (Å²) in [5, 5.41) is 0.229. The smallest absolute Gasteiger partial charge is 0.309 e. The van der Waals surface area contributed by atoms with Crippen molar-refractivity contribution in [3.05, 3.63) is 29.0 Å². The van der Waals surface area contributed by atoms with Gasteiger partial charge in [-0.25, -0.2) is 4.39 Å². The minimum atomic E-state index is -0.628. The van der Waals surface area contributed by atoms with Gasteiger partial charge in [0, 0.05) is 11.1 Å². The molecule has 1 rings (SSSR count). The first-order valence-electron chi connectivity index (χ1n) is 11.8. The summed E-state index contributed by atoms with van der Waals surface area (Å²) in [5.74, 6) is -1.45. The second-order valence-corrected chi connectivity index (χ2v) is 10.5. The predicted molar refractivity (Wildman–Crippen MR) is 129 cm³/mol. The third-order valence-corrected chi connectivity index (χ3v) is 5.53. The fraction of sp³-hybridized carbons (Fsp3) is 0.692. The van der Waals surface area contributed by atoms with E-state index in [1.807, 2.05) is 27.7 Å². The molecule has 1 aromatic rings. The van der Waals surface area contributed by atoms with Crippen molar-refractivity contribution in [1.29, 1.82) is 0 Å². The zero-order valence-corrected chi connectivity index (χ0v) is 22.0. The number of ether oxygens (including phenoxy) is 3. The topological polar surface area (TPSA) is 61.8 Å². The summed E-state index contributed by atoms with van der Waals surface area (Å²) in [6.07, 6.45) is 0.928. The lowest BCUT2D eigenvalue weighted by atomic mass is 9.92. The van der Waals surface area contributed by atoms with Gasteiger partial charge in [-0.3, -0.25) is 9.59 Å². The molecular weight excluding hydrogens is 447 g/mol. The molecule has 0 fully saturated rings. The monoisotopic (exact) mass is 486 g/mol. The summed E-state index contributed by atoms with van der Waals surface area (Å²) in [5.41, 5.74) is -0.628. The molecule has 0 radical (unpaired) electrons. The number of halogens is 2. The molecule has 0 bridgehead atoms. The van der Waals surface area contributed by atoms with Crippen molar-refractivity contribution in [2.45, 2.75) is 98.9 Å². The molecule has 33 heavy (non-hydrogen) atoms. The molecular formula is C26H40ClFO5. The Kier molecular flexibility index (Phi) is 11.7. The van der Waals surface area contributed by atoms with Crippen LogP contribution in [0.15, 0.2) is 18.2 Å². The predicted octanol–water partition coefficient (Wildman–Crippen LogP) is 6.99. The molecule has 1 aromatic carbocycles. The summed E-state index contributed by atoms with van der Waals surface area (Å²) >= 11 is 5.98. The highest BCUT2D eigenvalue weighted by atomic mass is 35.5. The van der Waals surface area contributed by atoms with Crippen molar-refractivity contribution in [2.75, 3.05) is 0 Å². The van der Waals surface area contributed by atoms with Gasteiger partial charge < -0.3 is 14.2 Å². The molecule has 0 saturated carbocycles. The maximum Gasteiger partial charge on any atom is 0.309 e. The van der Waals surface area contributed by atoms with Crippen LogP contribution < -0.4 is 4.74 Å². The van der Waals surface area contributed by atoms with E-state index in [4.69, 9.17) is 25.8 Å². The van der Waals surface area contributed by atoms with Crippen LogP contribution in [0.2, 0.25) is 5.02 Å². The lowest BCUT2D eigenvalue weighted by Gasteiger charge is -2.32. The molecule has 0 spiro atoms. The normalized spacial score (nSPS) is 14.7. The molecule has 0 saturated heterocycles. The van der Waals surface area contributed by atoms with Crippen LogP contribution in [-0.2, 0) is 19.1 Å². The molecule has 0 aliphatic carbocycles. The van der Waals surface area contributed by atoms with E-state index in [2.05, 4.69) is 0 Å². The van der Waals surface area contributed by atoms with E-state index >= 15 is 0 Å². The molecule has 3 atom stereocenters. The highest BCUT2D eigenvalue weighted by Crippen LogP contribution is 2.28. The van der Waals surface area contributed by atoms with Crippen molar-refractivity contribution in [2.24, 2.45) is 17.8 Å². The summed E-state index contributed by atoms with van der Waals surface area (Å²) in [6, 6.07) is 4.01. The minimum Gasteiger partial charge on any atom is -0.486 e. The highest BCUT2D eigenvalue weighted by molar-refractivity contribution is 6.30. The first-order valence-corrected chi connectivity index (χ1v) is 12.2. The van der Waals surface area contributed by atoms with Crippen LogP contribution in [0.5, 0.6) is 5.75 Å². The first kappa shape index (κ1) is 29.2. The van der Waals surface area contributed by atoms with Crippen LogP contribution in [0.4, 0.5) is 4.39 Å². The number of carbonyl (C=O) groups is 2. The molecule has 0 aliphatic heterocycles. The quantitative estimate of drug-likeness (QED) is 0.298. The van der Waals surface area contributed by atoms with Gasteiger partial charge in [0.15, 0.2) is 0 Å². The third-order valence-electron chi connectivity index (χ3n) is 5.31. The number of carbonyl (C=O) groups excluding carboxylic acids is 2. The Balaban J connectivity index is 3.03. The molecule has 7 heteroatoms. The van der Waals surface area contributed by atoms with Crippen molar-refractivity contribution < 1.29 is 28.2 Å². The Bertz CT molecular complexity index is 750. The van der Waals surface area contributed by atoms with Crippen LogP contribution in [0.25, 0.3) is 0 Å². The Labute approximate surface area is 203 Å². The summed E-state index contributed by atoms with van der Waals surface area (Å²) in [6.45, 7) is 15.2. The Morgan fingerprint density at radius 3 is 2.15 bits per heavy atom. The van der Waals surface area contributed by atoms with Crippen LogP contribution in [0, 0.1) is 23.6 Å². The van der Waals surface area contributed by atoms with Gasteiger partial charge in [-0.2, -0.15) is 0 Å². The Morgan fingerprint density at radius 1 is 1.06 bits per heavy atom. The molecule has 5 nitrogen and oxygen atoms in total. The summed E-state index contributed by atoms with van der Waals surface area (Å²) in [7, 11) is 0. The summed E-state index contributed by atoms with van der Waals surface area (Å²) in [4.78, 5) is 25.5. The standard InChI is InChI=1S/C26H40ClFO5/c1-9-18(10-2)24(32-22-14-20(27)13-21(28)15-22)17(5)31-25(30)19(11-16(3)4)12-23(29)33-26(6,7)8/h13-19,24H,9-12H2,1-8H3/t17-,19+,24+/m0/s1. The van der Waals surface area contributed by atoms with Crippen molar-refractivity contribution >= 4 is 23.5 Å². The van der Waals surface area contributed by atoms with Crippen LogP contribution in [0.1, 0.15) is 81.1 Å². The van der Waals surface area contributed by atoms with Gasteiger partial charge in [0.1, 0.15) is 29.4 Å². The van der Waals surface area contributed by atoms with Gasteiger partial charge in [-0.1, -0.05) is 39.3 Å². The maximum absolute atomic E-state index is 13.8. The zero-order valence-electron chi connectivity index (χ0n) is 21.2. The maximum atomic E-state index is 13.8. The van der Waals surface area contributed by atoms with Crippen molar-refractivity contribution in [3.63, 3.8) is 0 Å². The van der Waals surface area contributed by atoms with Gasteiger partial charge in [-0.15, -0.1) is 0 Å². The number of rotatable bonds is 12. The van der Waals surface area contributed by atoms with Crippen LogP contribution in [0.3, 0.4) is 0 Å². The molecule has 0 heterocycles. The lowest BCUT2D eigenvalue weighted by Crippen LogP contribution is -2.41. The van der Waals surface area contributed by atoms with Crippen LogP contribution >= 0.6 is 11.6 Å². The van der Waals surface area contributed by atoms with Crippen LogP contribution in [-0.4, -0.2) is 29.7 Å². The van der Waals surface area contributed by atoms with Gasteiger partial charge in [-0.05, 0) is 70.9 Å².